The van der Waals surface area contributed by atoms with Crippen LogP contribution in [0.3, 0.4) is 0 Å². The molecule has 0 aromatic rings. The van der Waals surface area contributed by atoms with Crippen molar-refractivity contribution in [2.75, 3.05) is 0 Å². The van der Waals surface area contributed by atoms with Gasteiger partial charge in [-0.2, -0.15) is 52.7 Å². The second-order valence-electron chi connectivity index (χ2n) is 4.96. The van der Waals surface area contributed by atoms with Crippen molar-refractivity contribution >= 4 is 8.56 Å². The van der Waals surface area contributed by atoms with Gasteiger partial charge in [0.15, 0.2) is 0 Å². The molecule has 1 rings (SSSR count). The van der Waals surface area contributed by atoms with Crippen molar-refractivity contribution in [2.45, 2.75) is 49.0 Å². The summed E-state index contributed by atoms with van der Waals surface area (Å²) in [7, 11) is -5.13. The molecule has 15 heteroatoms. The Hall–Kier alpha value is -0.703. The van der Waals surface area contributed by atoms with Gasteiger partial charge in [0.2, 0.25) is 0 Å². The van der Waals surface area contributed by atoms with Gasteiger partial charge in [0, 0.05) is 0 Å². The van der Waals surface area contributed by atoms with Crippen LogP contribution in [0.25, 0.3) is 0 Å². The molecule has 2 nitrogen and oxygen atoms in total. The Morgan fingerprint density at radius 1 is 0.522 bits per heavy atom. The zero-order valence-corrected chi connectivity index (χ0v) is 11.9. The quantitative estimate of drug-likeness (QED) is 0.449. The minimum absolute atomic E-state index is 0.207. The molecule has 0 saturated carbocycles. The Morgan fingerprint density at radius 3 is 0.826 bits per heavy atom. The summed E-state index contributed by atoms with van der Waals surface area (Å²) in [6, 6.07) is 0. The van der Waals surface area contributed by atoms with E-state index in [2.05, 4.69) is 8.85 Å². The predicted octanol–water partition coefficient (Wildman–Crippen LogP) is 4.46. The number of hydrogen-bond acceptors (Lipinski definition) is 2. The average Bonchev–Trinajstić information content (AvgIpc) is 2.44. The van der Waals surface area contributed by atoms with E-state index >= 15 is 0 Å². The van der Waals surface area contributed by atoms with Crippen molar-refractivity contribution in [1.82, 2.24) is 0 Å². The summed E-state index contributed by atoms with van der Waals surface area (Å²) in [6.07, 6.45) is -28.5. The highest BCUT2D eigenvalue weighted by molar-refractivity contribution is 6.65. The molecule has 0 spiro atoms. The Kier molecular flexibility index (Phi) is 4.14. The molecular weight excluding hydrogens is 384 g/mol. The molecule has 1 fully saturated rings. The molecule has 138 valence electrons. The molecule has 0 atom stereocenters. The monoisotopic (exact) mass is 390 g/mol. The Labute approximate surface area is 120 Å². The highest BCUT2D eigenvalue weighted by atomic mass is 28.4. The van der Waals surface area contributed by atoms with Gasteiger partial charge in [-0.25, -0.2) is 0 Å². The smallest absolute Gasteiger partial charge is 0.370 e. The maximum atomic E-state index is 12.9. The van der Waals surface area contributed by atoms with E-state index in [0.717, 1.165) is 0 Å². The summed E-state index contributed by atoms with van der Waals surface area (Å²) in [5.41, 5.74) is -13.3. The molecule has 0 bridgehead atoms. The van der Waals surface area contributed by atoms with E-state index in [0.29, 0.717) is 0 Å². The lowest BCUT2D eigenvalue weighted by Gasteiger charge is -2.45. The topological polar surface area (TPSA) is 18.5 Å². The minimum atomic E-state index is -7.11. The third kappa shape index (κ3) is 2.50. The lowest BCUT2D eigenvalue weighted by atomic mass is 9.79. The van der Waals surface area contributed by atoms with Gasteiger partial charge in [-0.1, -0.05) is 0 Å². The number of alkyl halides is 12. The maximum Gasteiger partial charge on any atom is 0.429 e. The highest BCUT2D eigenvalue weighted by Crippen LogP contribution is 2.67. The lowest BCUT2D eigenvalue weighted by Crippen LogP contribution is -2.79. The first-order valence-electron chi connectivity index (χ1n) is 5.33. The first-order chi connectivity index (χ1) is 9.66. The van der Waals surface area contributed by atoms with Crippen LogP contribution in [0.15, 0.2) is 0 Å². The number of hydrogen-bond donors (Lipinski definition) is 0. The minimum Gasteiger partial charge on any atom is -0.370 e. The Bertz CT molecular complexity index is 399. The third-order valence-electron chi connectivity index (χ3n) is 2.89. The van der Waals surface area contributed by atoms with Crippen molar-refractivity contribution in [1.29, 1.82) is 0 Å². The molecule has 0 aliphatic carbocycles. The molecule has 23 heavy (non-hydrogen) atoms. The van der Waals surface area contributed by atoms with Gasteiger partial charge in [0.05, 0.1) is 0 Å². The van der Waals surface area contributed by atoms with Gasteiger partial charge in [-0.05, 0) is 13.1 Å². The number of rotatable bonds is 0. The van der Waals surface area contributed by atoms with Crippen LogP contribution in [0, 0.1) is 0 Å². The third-order valence-corrected chi connectivity index (χ3v) is 4.49. The van der Waals surface area contributed by atoms with Crippen molar-refractivity contribution in [3.63, 3.8) is 0 Å². The van der Waals surface area contributed by atoms with Crippen LogP contribution in [0.2, 0.25) is 13.1 Å². The summed E-state index contributed by atoms with van der Waals surface area (Å²) >= 11 is 0. The van der Waals surface area contributed by atoms with E-state index in [1.165, 1.54) is 0 Å². The van der Waals surface area contributed by atoms with E-state index in [4.69, 9.17) is 0 Å². The summed E-state index contributed by atoms with van der Waals surface area (Å²) in [6.45, 7) is 0.414. The molecular formula is C8H6F12O2Si. The van der Waals surface area contributed by atoms with Crippen molar-refractivity contribution in [3.05, 3.63) is 0 Å². The zero-order chi connectivity index (χ0) is 18.9. The molecule has 1 aliphatic heterocycles. The van der Waals surface area contributed by atoms with Gasteiger partial charge in [-0.15, -0.1) is 0 Å². The Balaban J connectivity index is 4.04. The van der Waals surface area contributed by atoms with Gasteiger partial charge >= 0.3 is 33.3 Å². The molecule has 0 aromatic heterocycles. The first kappa shape index (κ1) is 20.3. The molecule has 1 heterocycles. The fourth-order valence-corrected chi connectivity index (χ4v) is 4.52. The summed E-state index contributed by atoms with van der Waals surface area (Å²) < 4.78 is 162. The highest BCUT2D eigenvalue weighted by Gasteiger charge is 2.99. The first-order valence-corrected chi connectivity index (χ1v) is 8.15. The Morgan fingerprint density at radius 2 is 0.696 bits per heavy atom. The van der Waals surface area contributed by atoms with Gasteiger partial charge in [0.25, 0.3) is 11.2 Å². The van der Waals surface area contributed by atoms with Crippen LogP contribution in [-0.2, 0) is 8.85 Å². The average molecular weight is 390 g/mol. The van der Waals surface area contributed by atoms with Crippen LogP contribution >= 0.6 is 0 Å². The molecule has 0 amide bonds. The van der Waals surface area contributed by atoms with Crippen LogP contribution in [-0.4, -0.2) is 44.5 Å². The standard InChI is InChI=1S/C8H6F12O2Si/c1-23(2)21-3(5(9,10)11,6(12,13)14)4(22-23,7(15,16)17)8(18,19)20/h1-2H3. The molecule has 0 radical (unpaired) electrons. The number of halogens is 12. The molecule has 0 aromatic carbocycles. The van der Waals surface area contributed by atoms with Gasteiger partial charge < -0.3 is 8.85 Å². The van der Waals surface area contributed by atoms with E-state index in [1.54, 1.807) is 0 Å². The van der Waals surface area contributed by atoms with E-state index in [9.17, 15) is 52.7 Å². The second-order valence-corrected chi connectivity index (χ2v) is 8.17. The summed E-state index contributed by atoms with van der Waals surface area (Å²) in [5, 5.41) is 0. The largest absolute Gasteiger partial charge is 0.429 e. The van der Waals surface area contributed by atoms with E-state index in [1.807, 2.05) is 0 Å². The van der Waals surface area contributed by atoms with Crippen molar-refractivity contribution < 1.29 is 61.5 Å². The lowest BCUT2D eigenvalue weighted by molar-refractivity contribution is -0.464. The molecule has 1 saturated heterocycles. The molecule has 0 N–H and O–H groups in total. The van der Waals surface area contributed by atoms with Gasteiger partial charge in [-0.3, -0.25) is 0 Å². The second kappa shape index (κ2) is 4.68. The van der Waals surface area contributed by atoms with Crippen molar-refractivity contribution in [2.24, 2.45) is 0 Å². The van der Waals surface area contributed by atoms with Crippen LogP contribution in [0.4, 0.5) is 52.7 Å². The summed E-state index contributed by atoms with van der Waals surface area (Å²) in [4.78, 5) is 0. The fraction of sp³-hybridized carbons (Fsp3) is 1.00. The normalized spacial score (nSPS) is 24.8. The molecule has 1 aliphatic rings. The van der Waals surface area contributed by atoms with E-state index < -0.39 is 44.5 Å². The van der Waals surface area contributed by atoms with E-state index in [-0.39, 0.29) is 13.1 Å². The van der Waals surface area contributed by atoms with Crippen LogP contribution < -0.4 is 0 Å². The van der Waals surface area contributed by atoms with Crippen LogP contribution in [0.5, 0.6) is 0 Å². The van der Waals surface area contributed by atoms with Crippen molar-refractivity contribution in [3.8, 4) is 0 Å². The predicted molar refractivity (Wildman–Crippen MR) is 49.3 cm³/mol. The zero-order valence-electron chi connectivity index (χ0n) is 10.9. The maximum absolute atomic E-state index is 12.9. The fourth-order valence-electron chi connectivity index (χ4n) is 2.25. The summed E-state index contributed by atoms with van der Waals surface area (Å²) in [5.74, 6) is 0. The van der Waals surface area contributed by atoms with Gasteiger partial charge in [0.1, 0.15) is 0 Å². The van der Waals surface area contributed by atoms with Crippen LogP contribution in [0.1, 0.15) is 0 Å². The molecule has 0 unspecified atom stereocenters. The SMILES string of the molecule is C[Si]1(C)OC(C(F)(F)F)(C(F)(F)F)C(C(F)(F)F)(C(F)(F)F)O1.